The van der Waals surface area contributed by atoms with Crippen LogP contribution in [0.3, 0.4) is 0 Å². The Morgan fingerprint density at radius 2 is 1.82 bits per heavy atom. The minimum Gasteiger partial charge on any atom is -0.396 e. The van der Waals surface area contributed by atoms with E-state index < -0.39 is 11.6 Å². The Morgan fingerprint density at radius 3 is 2.57 bits per heavy atom. The lowest BCUT2D eigenvalue weighted by atomic mass is 10.1. The van der Waals surface area contributed by atoms with Crippen molar-refractivity contribution in [2.75, 3.05) is 31.9 Å². The fourth-order valence-corrected chi connectivity index (χ4v) is 3.48. The maximum absolute atomic E-state index is 14.0. The van der Waals surface area contributed by atoms with Crippen molar-refractivity contribution in [3.05, 3.63) is 57.8 Å². The van der Waals surface area contributed by atoms with E-state index in [2.05, 4.69) is 20.9 Å². The standard InChI is InChI=1S/C19H19BrF2N4O2/c20-14-2-3-24-11-13(14)19(28)26-5-1-4-25(6-7-26)18(27)9-12-8-16(22)17(23)10-15(12)21/h2-3,8,10-11H,1,4-7,9,23H2. The van der Waals surface area contributed by atoms with Crippen LogP contribution in [0.4, 0.5) is 14.5 Å². The molecule has 1 aromatic carbocycles. The zero-order valence-electron chi connectivity index (χ0n) is 15.0. The summed E-state index contributed by atoms with van der Waals surface area (Å²) in [5.74, 6) is -1.94. The first kappa shape index (κ1) is 20.2. The molecule has 1 aliphatic heterocycles. The summed E-state index contributed by atoms with van der Waals surface area (Å²) < 4.78 is 28.2. The molecule has 148 valence electrons. The predicted molar refractivity (Wildman–Crippen MR) is 104 cm³/mol. The van der Waals surface area contributed by atoms with Crippen LogP contribution in [0.5, 0.6) is 0 Å². The van der Waals surface area contributed by atoms with Gasteiger partial charge in [0.25, 0.3) is 5.91 Å². The number of hydrogen-bond donors (Lipinski definition) is 1. The zero-order valence-corrected chi connectivity index (χ0v) is 16.6. The molecular formula is C19H19BrF2N4O2. The largest absolute Gasteiger partial charge is 0.396 e. The molecule has 1 fully saturated rings. The molecule has 0 saturated carbocycles. The van der Waals surface area contributed by atoms with E-state index >= 15 is 0 Å². The first-order valence-electron chi connectivity index (χ1n) is 8.76. The van der Waals surface area contributed by atoms with Crippen LogP contribution in [0.1, 0.15) is 22.3 Å². The number of hydrogen-bond acceptors (Lipinski definition) is 4. The number of anilines is 1. The third kappa shape index (κ3) is 4.46. The summed E-state index contributed by atoms with van der Waals surface area (Å²) in [4.78, 5) is 32.5. The maximum Gasteiger partial charge on any atom is 0.256 e. The number of benzene rings is 1. The Morgan fingerprint density at radius 1 is 1.11 bits per heavy atom. The van der Waals surface area contributed by atoms with E-state index in [0.717, 1.165) is 12.1 Å². The molecule has 0 bridgehead atoms. The van der Waals surface area contributed by atoms with Gasteiger partial charge in [0.05, 0.1) is 17.7 Å². The third-order valence-corrected chi connectivity index (χ3v) is 5.33. The smallest absolute Gasteiger partial charge is 0.256 e. The van der Waals surface area contributed by atoms with Crippen molar-refractivity contribution in [3.63, 3.8) is 0 Å². The number of carbonyl (C=O) groups excluding carboxylic acids is 2. The number of aromatic nitrogens is 1. The van der Waals surface area contributed by atoms with Gasteiger partial charge in [0.2, 0.25) is 5.91 Å². The number of nitrogens with zero attached hydrogens (tertiary/aromatic N) is 3. The summed E-state index contributed by atoms with van der Waals surface area (Å²) in [7, 11) is 0. The second kappa shape index (κ2) is 8.64. The van der Waals surface area contributed by atoms with Gasteiger partial charge >= 0.3 is 0 Å². The average molecular weight is 453 g/mol. The molecule has 28 heavy (non-hydrogen) atoms. The van der Waals surface area contributed by atoms with Crippen LogP contribution in [0.25, 0.3) is 0 Å². The molecule has 2 heterocycles. The summed E-state index contributed by atoms with van der Waals surface area (Å²) in [6.07, 6.45) is 3.42. The van der Waals surface area contributed by atoms with Crippen LogP contribution in [0, 0.1) is 11.6 Å². The topological polar surface area (TPSA) is 79.5 Å². The van der Waals surface area contributed by atoms with Crippen LogP contribution in [0.2, 0.25) is 0 Å². The molecule has 9 heteroatoms. The molecule has 1 saturated heterocycles. The number of carbonyl (C=O) groups is 2. The monoisotopic (exact) mass is 452 g/mol. The van der Waals surface area contributed by atoms with E-state index in [4.69, 9.17) is 5.73 Å². The molecular weight excluding hydrogens is 434 g/mol. The minimum absolute atomic E-state index is 0.0341. The van der Waals surface area contributed by atoms with Gasteiger partial charge in [-0.25, -0.2) is 8.78 Å². The third-order valence-electron chi connectivity index (χ3n) is 4.64. The highest BCUT2D eigenvalue weighted by Gasteiger charge is 2.24. The van der Waals surface area contributed by atoms with Gasteiger partial charge in [0, 0.05) is 54.7 Å². The Balaban J connectivity index is 1.65. The summed E-state index contributed by atoms with van der Waals surface area (Å²) in [5.41, 5.74) is 5.46. The summed E-state index contributed by atoms with van der Waals surface area (Å²) in [5, 5.41) is 0. The van der Waals surface area contributed by atoms with Crippen molar-refractivity contribution in [2.45, 2.75) is 12.8 Å². The number of nitrogens with two attached hydrogens (primary N) is 1. The van der Waals surface area contributed by atoms with Gasteiger partial charge in [-0.15, -0.1) is 0 Å². The molecule has 0 spiro atoms. The molecule has 0 aliphatic carbocycles. The number of pyridine rings is 1. The van der Waals surface area contributed by atoms with Crippen LogP contribution >= 0.6 is 15.9 Å². The van der Waals surface area contributed by atoms with Crippen molar-refractivity contribution in [1.29, 1.82) is 0 Å². The van der Waals surface area contributed by atoms with Crippen LogP contribution in [-0.2, 0) is 11.2 Å². The molecule has 6 nitrogen and oxygen atoms in total. The van der Waals surface area contributed by atoms with E-state index in [1.165, 1.54) is 6.20 Å². The number of rotatable bonds is 3. The molecule has 0 atom stereocenters. The van der Waals surface area contributed by atoms with E-state index in [-0.39, 0.29) is 29.5 Å². The lowest BCUT2D eigenvalue weighted by Crippen LogP contribution is -2.38. The number of amides is 2. The fraction of sp³-hybridized carbons (Fsp3) is 0.316. The molecule has 0 unspecified atom stereocenters. The molecule has 0 radical (unpaired) electrons. The summed E-state index contributed by atoms with van der Waals surface area (Å²) in [6.45, 7) is 1.61. The van der Waals surface area contributed by atoms with Gasteiger partial charge in [0.15, 0.2) is 0 Å². The minimum atomic E-state index is -0.751. The van der Waals surface area contributed by atoms with Gasteiger partial charge in [-0.1, -0.05) is 0 Å². The molecule has 2 amide bonds. The molecule has 1 aliphatic rings. The van der Waals surface area contributed by atoms with Gasteiger partial charge in [-0.05, 0) is 34.5 Å². The average Bonchev–Trinajstić information content (AvgIpc) is 2.92. The highest BCUT2D eigenvalue weighted by molar-refractivity contribution is 9.10. The van der Waals surface area contributed by atoms with E-state index in [0.29, 0.717) is 42.6 Å². The molecule has 3 rings (SSSR count). The Bertz CT molecular complexity index is 909. The normalized spacial score (nSPS) is 14.7. The van der Waals surface area contributed by atoms with Crippen LogP contribution in [-0.4, -0.2) is 52.8 Å². The van der Waals surface area contributed by atoms with Gasteiger partial charge < -0.3 is 15.5 Å². The maximum atomic E-state index is 14.0. The molecule has 2 N–H and O–H groups in total. The Labute approximate surface area is 169 Å². The zero-order chi connectivity index (χ0) is 20.3. The second-order valence-electron chi connectivity index (χ2n) is 6.52. The van der Waals surface area contributed by atoms with E-state index in [9.17, 15) is 18.4 Å². The predicted octanol–water partition coefficient (Wildman–Crippen LogP) is 2.62. The lowest BCUT2D eigenvalue weighted by Gasteiger charge is -2.22. The van der Waals surface area contributed by atoms with Crippen molar-refractivity contribution in [3.8, 4) is 0 Å². The van der Waals surface area contributed by atoms with E-state index in [1.54, 1.807) is 22.1 Å². The van der Waals surface area contributed by atoms with Crippen molar-refractivity contribution < 1.29 is 18.4 Å². The Hall–Kier alpha value is -2.55. The first-order valence-corrected chi connectivity index (χ1v) is 9.56. The number of halogens is 3. The van der Waals surface area contributed by atoms with Crippen molar-refractivity contribution >= 4 is 33.4 Å². The summed E-state index contributed by atoms with van der Waals surface area (Å²) >= 11 is 3.35. The van der Waals surface area contributed by atoms with Crippen LogP contribution < -0.4 is 5.73 Å². The summed E-state index contributed by atoms with van der Waals surface area (Å²) in [6, 6.07) is 3.53. The first-order chi connectivity index (χ1) is 13.4. The Kier molecular flexibility index (Phi) is 6.23. The fourth-order valence-electron chi connectivity index (χ4n) is 3.09. The van der Waals surface area contributed by atoms with Gasteiger partial charge in [-0.2, -0.15) is 0 Å². The lowest BCUT2D eigenvalue weighted by molar-refractivity contribution is -0.130. The molecule has 1 aromatic heterocycles. The van der Waals surface area contributed by atoms with Crippen molar-refractivity contribution in [1.82, 2.24) is 14.8 Å². The second-order valence-corrected chi connectivity index (χ2v) is 7.38. The SMILES string of the molecule is Nc1cc(F)c(CC(=O)N2CCCN(C(=O)c3cnccc3Br)CC2)cc1F. The molecule has 2 aromatic rings. The highest BCUT2D eigenvalue weighted by Crippen LogP contribution is 2.20. The van der Waals surface area contributed by atoms with Gasteiger partial charge in [-0.3, -0.25) is 14.6 Å². The highest BCUT2D eigenvalue weighted by atomic mass is 79.9. The van der Waals surface area contributed by atoms with Crippen molar-refractivity contribution in [2.24, 2.45) is 0 Å². The van der Waals surface area contributed by atoms with E-state index in [1.807, 2.05) is 0 Å². The quantitative estimate of drug-likeness (QED) is 0.725. The number of nitrogen functional groups attached to an aromatic ring is 1. The van der Waals surface area contributed by atoms with Gasteiger partial charge in [0.1, 0.15) is 11.6 Å². The van der Waals surface area contributed by atoms with Crippen LogP contribution in [0.15, 0.2) is 35.1 Å².